The van der Waals surface area contributed by atoms with E-state index < -0.39 is 12.3 Å². The third-order valence-electron chi connectivity index (χ3n) is 2.14. The van der Waals surface area contributed by atoms with E-state index in [1.54, 1.807) is 6.92 Å². The van der Waals surface area contributed by atoms with E-state index in [9.17, 15) is 4.79 Å². The van der Waals surface area contributed by atoms with Gasteiger partial charge >= 0.3 is 5.97 Å². The zero-order valence-corrected chi connectivity index (χ0v) is 7.99. The van der Waals surface area contributed by atoms with Gasteiger partial charge in [0, 0.05) is 6.08 Å². The summed E-state index contributed by atoms with van der Waals surface area (Å²) in [5.41, 5.74) is 0. The molecule has 0 spiro atoms. The van der Waals surface area contributed by atoms with Crippen molar-refractivity contribution in [2.24, 2.45) is 0 Å². The number of carbonyl (C=O) groups is 1. The van der Waals surface area contributed by atoms with Gasteiger partial charge in [0.1, 0.15) is 0 Å². The second-order valence-electron chi connectivity index (χ2n) is 3.25. The Labute approximate surface area is 78.7 Å². The standard InChI is InChI=1S/C10H16O3/c1-3-10(11)13-8(2)12-9-6-4-5-7-9/h3,8-9H,1,4-7H2,2H3. The minimum absolute atomic E-state index is 0.271. The first-order chi connectivity index (χ1) is 6.22. The predicted octanol–water partition coefficient (Wildman–Crippen LogP) is 2.02. The zero-order valence-electron chi connectivity index (χ0n) is 7.99. The molecule has 0 aromatic rings. The first-order valence-corrected chi connectivity index (χ1v) is 4.71. The number of hydrogen-bond donors (Lipinski definition) is 0. The number of ether oxygens (including phenoxy) is 2. The summed E-state index contributed by atoms with van der Waals surface area (Å²) in [7, 11) is 0. The van der Waals surface area contributed by atoms with E-state index in [-0.39, 0.29) is 6.10 Å². The summed E-state index contributed by atoms with van der Waals surface area (Å²) in [6, 6.07) is 0. The van der Waals surface area contributed by atoms with Crippen molar-refractivity contribution in [1.82, 2.24) is 0 Å². The van der Waals surface area contributed by atoms with Crippen LogP contribution in [0.15, 0.2) is 12.7 Å². The summed E-state index contributed by atoms with van der Waals surface area (Å²) in [5, 5.41) is 0. The lowest BCUT2D eigenvalue weighted by Crippen LogP contribution is -2.22. The molecule has 1 aliphatic carbocycles. The van der Waals surface area contributed by atoms with Gasteiger partial charge in [0.05, 0.1) is 6.10 Å². The number of carbonyl (C=O) groups excluding carboxylic acids is 1. The average Bonchev–Trinajstić information content (AvgIpc) is 2.56. The molecule has 1 saturated carbocycles. The maximum atomic E-state index is 10.8. The highest BCUT2D eigenvalue weighted by Gasteiger charge is 2.19. The highest BCUT2D eigenvalue weighted by Crippen LogP contribution is 2.22. The van der Waals surface area contributed by atoms with Gasteiger partial charge in [-0.2, -0.15) is 0 Å². The van der Waals surface area contributed by atoms with Crippen molar-refractivity contribution in [2.75, 3.05) is 0 Å². The maximum absolute atomic E-state index is 10.8. The Kier molecular flexibility index (Phi) is 3.96. The lowest BCUT2D eigenvalue weighted by Gasteiger charge is -2.17. The van der Waals surface area contributed by atoms with E-state index in [1.807, 2.05) is 0 Å². The van der Waals surface area contributed by atoms with Gasteiger partial charge in [-0.15, -0.1) is 0 Å². The molecule has 0 saturated heterocycles. The molecule has 74 valence electrons. The number of rotatable bonds is 4. The minimum Gasteiger partial charge on any atom is -0.433 e. The van der Waals surface area contributed by atoms with Crippen LogP contribution in [0.4, 0.5) is 0 Å². The van der Waals surface area contributed by atoms with Gasteiger partial charge in [-0.05, 0) is 19.8 Å². The molecule has 0 radical (unpaired) electrons. The molecule has 0 aromatic heterocycles. The van der Waals surface area contributed by atoms with Crippen molar-refractivity contribution in [2.45, 2.75) is 45.0 Å². The summed E-state index contributed by atoms with van der Waals surface area (Å²) in [6.07, 6.45) is 5.56. The molecule has 3 nitrogen and oxygen atoms in total. The first kappa shape index (κ1) is 10.3. The van der Waals surface area contributed by atoms with Crippen LogP contribution in [-0.2, 0) is 14.3 Å². The SMILES string of the molecule is C=CC(=O)OC(C)OC1CCCC1. The third kappa shape index (κ3) is 3.59. The van der Waals surface area contributed by atoms with Gasteiger partial charge in [0.25, 0.3) is 0 Å². The second kappa shape index (κ2) is 5.02. The zero-order chi connectivity index (χ0) is 9.68. The molecule has 0 heterocycles. The summed E-state index contributed by atoms with van der Waals surface area (Å²) in [4.78, 5) is 10.8. The topological polar surface area (TPSA) is 35.5 Å². The van der Waals surface area contributed by atoms with Crippen molar-refractivity contribution in [3.05, 3.63) is 12.7 Å². The molecule has 1 aliphatic rings. The molecule has 3 heteroatoms. The third-order valence-corrected chi connectivity index (χ3v) is 2.14. The largest absolute Gasteiger partial charge is 0.433 e. The van der Waals surface area contributed by atoms with Crippen LogP contribution in [0.3, 0.4) is 0 Å². The number of esters is 1. The summed E-state index contributed by atoms with van der Waals surface area (Å²) in [5.74, 6) is -0.425. The van der Waals surface area contributed by atoms with E-state index in [0.29, 0.717) is 0 Å². The Morgan fingerprint density at radius 3 is 2.69 bits per heavy atom. The molecular formula is C10H16O3. The van der Waals surface area contributed by atoms with E-state index in [0.717, 1.165) is 18.9 Å². The van der Waals surface area contributed by atoms with Crippen molar-refractivity contribution in [3.63, 3.8) is 0 Å². The molecule has 1 rings (SSSR count). The fourth-order valence-electron chi connectivity index (χ4n) is 1.53. The van der Waals surface area contributed by atoms with Crippen molar-refractivity contribution in [1.29, 1.82) is 0 Å². The van der Waals surface area contributed by atoms with Crippen LogP contribution in [0, 0.1) is 0 Å². The van der Waals surface area contributed by atoms with Gasteiger partial charge < -0.3 is 9.47 Å². The second-order valence-corrected chi connectivity index (χ2v) is 3.25. The maximum Gasteiger partial charge on any atom is 0.332 e. The van der Waals surface area contributed by atoms with E-state index in [2.05, 4.69) is 6.58 Å². The highest BCUT2D eigenvalue weighted by atomic mass is 16.7. The quantitative estimate of drug-likeness (QED) is 0.381. The van der Waals surface area contributed by atoms with Crippen LogP contribution < -0.4 is 0 Å². The molecule has 1 fully saturated rings. The van der Waals surface area contributed by atoms with E-state index in [4.69, 9.17) is 9.47 Å². The molecule has 1 unspecified atom stereocenters. The van der Waals surface area contributed by atoms with Crippen molar-refractivity contribution >= 4 is 5.97 Å². The van der Waals surface area contributed by atoms with Gasteiger partial charge in [0.2, 0.25) is 6.29 Å². The minimum atomic E-state index is -0.450. The van der Waals surface area contributed by atoms with Gasteiger partial charge in [0.15, 0.2) is 0 Å². The van der Waals surface area contributed by atoms with Crippen LogP contribution in [0.1, 0.15) is 32.6 Å². The van der Waals surface area contributed by atoms with Crippen LogP contribution in [0.2, 0.25) is 0 Å². The summed E-state index contributed by atoms with van der Waals surface area (Å²) in [6.45, 7) is 5.05. The molecule has 0 amide bonds. The Bertz CT molecular complexity index is 183. The van der Waals surface area contributed by atoms with Crippen LogP contribution in [0.5, 0.6) is 0 Å². The fraction of sp³-hybridized carbons (Fsp3) is 0.700. The van der Waals surface area contributed by atoms with Gasteiger partial charge in [-0.1, -0.05) is 19.4 Å². The lowest BCUT2D eigenvalue weighted by molar-refractivity contribution is -0.178. The first-order valence-electron chi connectivity index (χ1n) is 4.71. The van der Waals surface area contributed by atoms with E-state index in [1.165, 1.54) is 12.8 Å². The Morgan fingerprint density at radius 1 is 1.54 bits per heavy atom. The monoisotopic (exact) mass is 184 g/mol. The summed E-state index contributed by atoms with van der Waals surface area (Å²) < 4.78 is 10.4. The molecule has 0 aliphatic heterocycles. The highest BCUT2D eigenvalue weighted by molar-refractivity contribution is 5.81. The summed E-state index contributed by atoms with van der Waals surface area (Å²) >= 11 is 0. The Hall–Kier alpha value is -0.830. The van der Waals surface area contributed by atoms with Crippen molar-refractivity contribution in [3.8, 4) is 0 Å². The molecule has 1 atom stereocenters. The Balaban J connectivity index is 2.19. The normalized spacial score (nSPS) is 19.8. The Morgan fingerprint density at radius 2 is 2.15 bits per heavy atom. The van der Waals surface area contributed by atoms with Crippen LogP contribution in [0.25, 0.3) is 0 Å². The smallest absolute Gasteiger partial charge is 0.332 e. The van der Waals surface area contributed by atoms with Gasteiger partial charge in [-0.25, -0.2) is 4.79 Å². The lowest BCUT2D eigenvalue weighted by atomic mass is 10.3. The predicted molar refractivity (Wildman–Crippen MR) is 49.1 cm³/mol. The molecule has 0 aromatic carbocycles. The van der Waals surface area contributed by atoms with E-state index >= 15 is 0 Å². The fourth-order valence-corrected chi connectivity index (χ4v) is 1.53. The average molecular weight is 184 g/mol. The van der Waals surface area contributed by atoms with Crippen molar-refractivity contribution < 1.29 is 14.3 Å². The molecular weight excluding hydrogens is 168 g/mol. The van der Waals surface area contributed by atoms with Gasteiger partial charge in [-0.3, -0.25) is 0 Å². The number of hydrogen-bond acceptors (Lipinski definition) is 3. The van der Waals surface area contributed by atoms with Crippen LogP contribution in [-0.4, -0.2) is 18.4 Å². The molecule has 0 bridgehead atoms. The van der Waals surface area contributed by atoms with Crippen LogP contribution >= 0.6 is 0 Å². The molecule has 13 heavy (non-hydrogen) atoms. The molecule has 0 N–H and O–H groups in total.